The van der Waals surface area contributed by atoms with Crippen LogP contribution in [0.5, 0.6) is 0 Å². The van der Waals surface area contributed by atoms with Gasteiger partial charge < -0.3 is 9.22 Å². The number of quaternary nitrogens is 1. The van der Waals surface area contributed by atoms with Gasteiger partial charge in [0.05, 0.1) is 32.8 Å². The Kier molecular flexibility index (Phi) is 7.13. The molecule has 0 saturated carbocycles. The summed E-state index contributed by atoms with van der Waals surface area (Å²) in [6.45, 7) is 7.45. The Bertz CT molecular complexity index is 409. The molecule has 0 radical (unpaired) electrons. The highest BCUT2D eigenvalue weighted by molar-refractivity contribution is 7.85. The fraction of sp³-hybridized carbons (Fsp3) is 0.923. The molecule has 0 aliphatic heterocycles. The SMILES string of the molecule is CC(C)(C)CC(=O)OCC[N+](C)(C)CCCS(=O)(=O)O. The lowest BCUT2D eigenvalue weighted by Gasteiger charge is -2.29. The molecule has 0 spiro atoms. The first-order valence-electron chi connectivity index (χ1n) is 6.74. The Hall–Kier alpha value is -0.660. The van der Waals surface area contributed by atoms with Crippen molar-refractivity contribution in [1.82, 2.24) is 0 Å². The van der Waals surface area contributed by atoms with E-state index in [4.69, 9.17) is 9.29 Å². The monoisotopic (exact) mass is 310 g/mol. The van der Waals surface area contributed by atoms with Crippen LogP contribution in [0.4, 0.5) is 0 Å². The number of esters is 1. The number of hydrogen-bond acceptors (Lipinski definition) is 4. The number of hydrogen-bond donors (Lipinski definition) is 1. The van der Waals surface area contributed by atoms with E-state index >= 15 is 0 Å². The molecule has 0 fully saturated rings. The molecule has 0 atom stereocenters. The standard InChI is InChI=1S/C13H27NO5S/c1-13(2,3)11-12(15)19-9-8-14(4,5)7-6-10-20(16,17)18/h6-11H2,1-5H3/p+1. The van der Waals surface area contributed by atoms with E-state index in [2.05, 4.69) is 0 Å². The van der Waals surface area contributed by atoms with Crippen LogP contribution in [-0.2, 0) is 19.6 Å². The predicted octanol–water partition coefficient (Wildman–Crippen LogP) is 1.32. The summed E-state index contributed by atoms with van der Waals surface area (Å²) >= 11 is 0. The molecule has 20 heavy (non-hydrogen) atoms. The van der Waals surface area contributed by atoms with Gasteiger partial charge in [-0.25, -0.2) is 0 Å². The molecule has 0 rings (SSSR count). The van der Waals surface area contributed by atoms with E-state index in [0.717, 1.165) is 0 Å². The summed E-state index contributed by atoms with van der Waals surface area (Å²) in [6.07, 6.45) is 0.755. The summed E-state index contributed by atoms with van der Waals surface area (Å²) in [5, 5.41) is 0. The number of rotatable bonds is 8. The van der Waals surface area contributed by atoms with E-state index in [0.29, 0.717) is 37.0 Å². The van der Waals surface area contributed by atoms with Crippen LogP contribution in [0.2, 0.25) is 0 Å². The molecule has 0 aromatic rings. The minimum atomic E-state index is -3.90. The molecule has 0 saturated heterocycles. The van der Waals surface area contributed by atoms with Crippen molar-refractivity contribution in [3.63, 3.8) is 0 Å². The Morgan fingerprint density at radius 3 is 2.20 bits per heavy atom. The van der Waals surface area contributed by atoms with Gasteiger partial charge in [0, 0.05) is 6.42 Å². The molecular weight excluding hydrogens is 282 g/mol. The number of carbonyl (C=O) groups is 1. The van der Waals surface area contributed by atoms with Crippen LogP contribution < -0.4 is 0 Å². The minimum absolute atomic E-state index is 0.0864. The first-order chi connectivity index (χ1) is 8.81. The van der Waals surface area contributed by atoms with Crippen molar-refractivity contribution in [2.24, 2.45) is 5.41 Å². The summed E-state index contributed by atoms with van der Waals surface area (Å²) in [7, 11) is -0.0319. The van der Waals surface area contributed by atoms with Crippen LogP contribution in [0.3, 0.4) is 0 Å². The average molecular weight is 310 g/mol. The Morgan fingerprint density at radius 1 is 1.20 bits per heavy atom. The first kappa shape index (κ1) is 19.3. The third-order valence-electron chi connectivity index (χ3n) is 2.80. The van der Waals surface area contributed by atoms with Crippen molar-refractivity contribution in [1.29, 1.82) is 0 Å². The van der Waals surface area contributed by atoms with Crippen molar-refractivity contribution in [2.75, 3.05) is 39.5 Å². The van der Waals surface area contributed by atoms with Gasteiger partial charge in [-0.2, -0.15) is 8.42 Å². The van der Waals surface area contributed by atoms with Gasteiger partial charge in [-0.05, 0) is 5.41 Å². The summed E-state index contributed by atoms with van der Waals surface area (Å²) in [6, 6.07) is 0. The second kappa shape index (κ2) is 7.38. The molecular formula is C13H28NO5S+. The van der Waals surface area contributed by atoms with Crippen LogP contribution in [0.25, 0.3) is 0 Å². The zero-order valence-corrected chi connectivity index (χ0v) is 14.0. The van der Waals surface area contributed by atoms with Crippen molar-refractivity contribution in [2.45, 2.75) is 33.6 Å². The Labute approximate surface area is 122 Å². The van der Waals surface area contributed by atoms with Gasteiger partial charge in [0.25, 0.3) is 10.1 Å². The van der Waals surface area contributed by atoms with Crippen molar-refractivity contribution >= 4 is 16.1 Å². The molecule has 0 aromatic heterocycles. The van der Waals surface area contributed by atoms with E-state index < -0.39 is 10.1 Å². The van der Waals surface area contributed by atoms with E-state index in [1.165, 1.54) is 0 Å². The largest absolute Gasteiger partial charge is 0.460 e. The normalized spacial score (nSPS) is 13.3. The van der Waals surface area contributed by atoms with E-state index in [1.807, 2.05) is 34.9 Å². The third kappa shape index (κ3) is 12.4. The summed E-state index contributed by atoms with van der Waals surface area (Å²) in [5.41, 5.74) is -0.0864. The maximum atomic E-state index is 11.5. The maximum absolute atomic E-state index is 11.5. The fourth-order valence-corrected chi connectivity index (χ4v) is 2.17. The predicted molar refractivity (Wildman–Crippen MR) is 77.9 cm³/mol. The van der Waals surface area contributed by atoms with E-state index in [1.54, 1.807) is 0 Å². The molecule has 0 aromatic carbocycles. The van der Waals surface area contributed by atoms with E-state index in [9.17, 15) is 13.2 Å². The molecule has 0 bridgehead atoms. The van der Waals surface area contributed by atoms with Crippen LogP contribution >= 0.6 is 0 Å². The van der Waals surface area contributed by atoms with Crippen molar-refractivity contribution < 1.29 is 27.0 Å². The highest BCUT2D eigenvalue weighted by atomic mass is 32.2. The lowest BCUT2D eigenvalue weighted by Crippen LogP contribution is -2.43. The zero-order valence-electron chi connectivity index (χ0n) is 13.2. The van der Waals surface area contributed by atoms with Crippen LogP contribution in [-0.4, -0.2) is 63.0 Å². The lowest BCUT2D eigenvalue weighted by atomic mass is 9.93. The quantitative estimate of drug-likeness (QED) is 0.415. The van der Waals surface area contributed by atoms with Crippen LogP contribution in [0.1, 0.15) is 33.6 Å². The van der Waals surface area contributed by atoms with Gasteiger partial charge in [0.15, 0.2) is 0 Å². The molecule has 0 heterocycles. The van der Waals surface area contributed by atoms with Gasteiger partial charge in [-0.15, -0.1) is 0 Å². The van der Waals surface area contributed by atoms with Gasteiger partial charge in [0.2, 0.25) is 0 Å². The number of ether oxygens (including phenoxy) is 1. The second-order valence-electron chi connectivity index (χ2n) is 6.98. The molecule has 120 valence electrons. The van der Waals surface area contributed by atoms with E-state index in [-0.39, 0.29) is 17.1 Å². The molecule has 0 amide bonds. The maximum Gasteiger partial charge on any atom is 0.306 e. The minimum Gasteiger partial charge on any atom is -0.460 e. The highest BCUT2D eigenvalue weighted by Gasteiger charge is 2.20. The number of likely N-dealkylation sites (N-methyl/N-ethyl adjacent to an activating group) is 1. The zero-order chi connectivity index (χ0) is 16.0. The smallest absolute Gasteiger partial charge is 0.306 e. The van der Waals surface area contributed by atoms with Gasteiger partial charge in [-0.3, -0.25) is 9.35 Å². The number of nitrogens with zero attached hydrogens (tertiary/aromatic N) is 1. The molecule has 1 N–H and O–H groups in total. The summed E-state index contributed by atoms with van der Waals surface area (Å²) in [5.74, 6) is -0.450. The van der Waals surface area contributed by atoms with Crippen LogP contribution in [0, 0.1) is 5.41 Å². The average Bonchev–Trinajstić information content (AvgIpc) is 2.10. The molecule has 7 heteroatoms. The third-order valence-corrected chi connectivity index (χ3v) is 3.60. The topological polar surface area (TPSA) is 80.7 Å². The van der Waals surface area contributed by atoms with Gasteiger partial charge in [0.1, 0.15) is 13.2 Å². The highest BCUT2D eigenvalue weighted by Crippen LogP contribution is 2.18. The van der Waals surface area contributed by atoms with Crippen molar-refractivity contribution in [3.05, 3.63) is 0 Å². The van der Waals surface area contributed by atoms with Crippen LogP contribution in [0.15, 0.2) is 0 Å². The first-order valence-corrected chi connectivity index (χ1v) is 8.34. The fourth-order valence-electron chi connectivity index (χ4n) is 1.68. The van der Waals surface area contributed by atoms with Gasteiger partial charge >= 0.3 is 5.97 Å². The molecule has 0 aliphatic carbocycles. The molecule has 0 aliphatic rings. The van der Waals surface area contributed by atoms with Gasteiger partial charge in [-0.1, -0.05) is 20.8 Å². The summed E-state index contributed by atoms with van der Waals surface area (Å²) in [4.78, 5) is 11.5. The Balaban J connectivity index is 3.96. The number of carbonyl (C=O) groups excluding carboxylic acids is 1. The molecule has 6 nitrogen and oxygen atoms in total. The van der Waals surface area contributed by atoms with Crippen molar-refractivity contribution in [3.8, 4) is 0 Å². The summed E-state index contributed by atoms with van der Waals surface area (Å²) < 4.78 is 35.7. The lowest BCUT2D eigenvalue weighted by molar-refractivity contribution is -0.890. The molecule has 0 unspecified atom stereocenters. The second-order valence-corrected chi connectivity index (χ2v) is 8.55. The Morgan fingerprint density at radius 2 is 1.75 bits per heavy atom.